The normalized spacial score (nSPS) is 15.9. The Labute approximate surface area is 171 Å². The molecule has 1 amide bonds. The van der Waals surface area contributed by atoms with Gasteiger partial charge in [0.25, 0.3) is 0 Å². The first-order valence-electron chi connectivity index (χ1n) is 9.67. The smallest absolute Gasteiger partial charge is 0.234 e. The molecule has 28 heavy (non-hydrogen) atoms. The number of carbonyl (C=O) groups is 1. The molecule has 0 unspecified atom stereocenters. The summed E-state index contributed by atoms with van der Waals surface area (Å²) in [6.45, 7) is 2.11. The van der Waals surface area contributed by atoms with Gasteiger partial charge >= 0.3 is 0 Å². The molecule has 0 radical (unpaired) electrons. The molecular weight excluding hydrogens is 390 g/mol. The number of hydrogen-bond acceptors (Lipinski definition) is 7. The maximum Gasteiger partial charge on any atom is 0.234 e. The molecule has 1 saturated heterocycles. The third-order valence-corrected chi connectivity index (χ3v) is 7.48. The first-order chi connectivity index (χ1) is 13.8. The average Bonchev–Trinajstić information content (AvgIpc) is 3.45. The molecule has 0 saturated carbocycles. The zero-order chi connectivity index (χ0) is 18.9. The topological polar surface area (TPSA) is 71.0 Å². The fourth-order valence-corrected chi connectivity index (χ4v) is 5.79. The fourth-order valence-electron chi connectivity index (χ4n) is 3.85. The first-order valence-corrected chi connectivity index (χ1v) is 11.5. The Morgan fingerprint density at radius 1 is 1.14 bits per heavy atom. The van der Waals surface area contributed by atoms with Gasteiger partial charge in [-0.3, -0.25) is 4.79 Å². The minimum Gasteiger partial charge on any atom is -0.348 e. The van der Waals surface area contributed by atoms with E-state index in [-0.39, 0.29) is 5.91 Å². The third kappa shape index (κ3) is 3.58. The monoisotopic (exact) mass is 411 g/mol. The third-order valence-electron chi connectivity index (χ3n) is 5.25. The summed E-state index contributed by atoms with van der Waals surface area (Å²) in [7, 11) is 0. The lowest BCUT2D eigenvalue weighted by atomic mass is 10.1. The lowest BCUT2D eigenvalue weighted by Gasteiger charge is -2.11. The van der Waals surface area contributed by atoms with E-state index in [2.05, 4.69) is 37.3 Å². The molecule has 0 bridgehead atoms. The maximum absolute atomic E-state index is 12.4. The summed E-state index contributed by atoms with van der Waals surface area (Å²) in [6.07, 6.45) is 7.43. The van der Waals surface area contributed by atoms with Crippen molar-refractivity contribution in [2.24, 2.45) is 0 Å². The van der Waals surface area contributed by atoms with Crippen molar-refractivity contribution < 1.29 is 4.79 Å². The van der Waals surface area contributed by atoms with Crippen LogP contribution in [0.3, 0.4) is 0 Å². The Hall–Kier alpha value is -2.19. The highest BCUT2D eigenvalue weighted by Crippen LogP contribution is 2.35. The fraction of sp³-hybridized carbons (Fsp3) is 0.400. The number of benzene rings is 1. The van der Waals surface area contributed by atoms with E-state index in [0.717, 1.165) is 52.1 Å². The molecule has 1 N–H and O–H groups in total. The molecule has 1 fully saturated rings. The number of aromatic nitrogens is 3. The Morgan fingerprint density at radius 2 is 2.00 bits per heavy atom. The summed E-state index contributed by atoms with van der Waals surface area (Å²) in [6, 6.07) is 6.25. The van der Waals surface area contributed by atoms with Crippen molar-refractivity contribution >= 4 is 50.2 Å². The second-order valence-electron chi connectivity index (χ2n) is 7.20. The van der Waals surface area contributed by atoms with E-state index in [1.54, 1.807) is 11.3 Å². The van der Waals surface area contributed by atoms with Crippen molar-refractivity contribution in [3.05, 3.63) is 35.7 Å². The van der Waals surface area contributed by atoms with Gasteiger partial charge in [-0.25, -0.2) is 9.97 Å². The van der Waals surface area contributed by atoms with Crippen LogP contribution in [-0.2, 0) is 17.6 Å². The van der Waals surface area contributed by atoms with E-state index in [1.165, 1.54) is 48.5 Å². The SMILES string of the molecule is O=C(CSc1ncnc2nc(N3CCCC3)sc12)Nc1ccc2c(c1)CCC2. The van der Waals surface area contributed by atoms with Crippen LogP contribution in [0.1, 0.15) is 30.4 Å². The summed E-state index contributed by atoms with van der Waals surface area (Å²) in [4.78, 5) is 28.1. The minimum absolute atomic E-state index is 0.0148. The van der Waals surface area contributed by atoms with Gasteiger partial charge in [-0.15, -0.1) is 0 Å². The van der Waals surface area contributed by atoms with Crippen molar-refractivity contribution in [3.63, 3.8) is 0 Å². The molecule has 0 spiro atoms. The minimum atomic E-state index is -0.0148. The Morgan fingerprint density at radius 3 is 2.89 bits per heavy atom. The van der Waals surface area contributed by atoms with Crippen LogP contribution in [0.5, 0.6) is 0 Å². The van der Waals surface area contributed by atoms with Crippen molar-refractivity contribution in [1.82, 2.24) is 15.0 Å². The van der Waals surface area contributed by atoms with Gasteiger partial charge in [0.2, 0.25) is 5.91 Å². The highest BCUT2D eigenvalue weighted by atomic mass is 32.2. The summed E-state index contributed by atoms with van der Waals surface area (Å²) in [5.41, 5.74) is 4.38. The number of amides is 1. The summed E-state index contributed by atoms with van der Waals surface area (Å²) in [5, 5.41) is 4.86. The second kappa shape index (κ2) is 7.67. The van der Waals surface area contributed by atoms with Crippen LogP contribution in [0.25, 0.3) is 10.3 Å². The number of hydrogen-bond donors (Lipinski definition) is 1. The molecule has 8 heteroatoms. The summed E-state index contributed by atoms with van der Waals surface area (Å²) < 4.78 is 0.972. The Balaban J connectivity index is 1.27. The standard InChI is InChI=1S/C20H21N5OS2/c26-16(23-15-7-6-13-4-3-5-14(13)10-15)11-27-19-17-18(21-12-22-19)24-20(28-17)25-8-1-2-9-25/h6-7,10,12H,1-5,8-9,11H2,(H,23,26). The van der Waals surface area contributed by atoms with E-state index in [1.807, 2.05) is 6.07 Å². The number of aryl methyl sites for hydroxylation is 2. The quantitative estimate of drug-likeness (QED) is 0.507. The number of nitrogens with zero attached hydrogens (tertiary/aromatic N) is 4. The van der Waals surface area contributed by atoms with E-state index in [4.69, 9.17) is 0 Å². The average molecular weight is 412 g/mol. The molecule has 3 heterocycles. The van der Waals surface area contributed by atoms with Crippen LogP contribution in [0.15, 0.2) is 29.6 Å². The lowest BCUT2D eigenvalue weighted by Crippen LogP contribution is -2.16. The predicted octanol–water partition coefficient (Wildman–Crippen LogP) is 3.91. The van der Waals surface area contributed by atoms with Gasteiger partial charge in [0.05, 0.1) is 5.75 Å². The van der Waals surface area contributed by atoms with Crippen molar-refractivity contribution in [2.75, 3.05) is 29.1 Å². The van der Waals surface area contributed by atoms with Crippen LogP contribution >= 0.6 is 23.1 Å². The Bertz CT molecular complexity index is 1030. The van der Waals surface area contributed by atoms with Gasteiger partial charge in [-0.1, -0.05) is 29.2 Å². The van der Waals surface area contributed by atoms with Gasteiger partial charge < -0.3 is 10.2 Å². The van der Waals surface area contributed by atoms with E-state index in [9.17, 15) is 4.79 Å². The number of fused-ring (bicyclic) bond motifs is 2. The van der Waals surface area contributed by atoms with E-state index >= 15 is 0 Å². The van der Waals surface area contributed by atoms with Crippen molar-refractivity contribution in [3.8, 4) is 0 Å². The molecule has 0 atom stereocenters. The number of thiazole rings is 1. The zero-order valence-electron chi connectivity index (χ0n) is 15.5. The van der Waals surface area contributed by atoms with Gasteiger partial charge in [-0.2, -0.15) is 4.98 Å². The largest absolute Gasteiger partial charge is 0.348 e. The molecule has 1 aromatic carbocycles. The number of carbonyl (C=O) groups excluding carboxylic acids is 1. The molecular formula is C20H21N5OS2. The van der Waals surface area contributed by atoms with Crippen LogP contribution in [-0.4, -0.2) is 39.7 Å². The van der Waals surface area contributed by atoms with Gasteiger partial charge in [0.1, 0.15) is 16.1 Å². The number of rotatable bonds is 5. The molecule has 1 aliphatic carbocycles. The van der Waals surface area contributed by atoms with Crippen LogP contribution in [0, 0.1) is 0 Å². The zero-order valence-corrected chi connectivity index (χ0v) is 17.1. The lowest BCUT2D eigenvalue weighted by molar-refractivity contribution is -0.113. The molecule has 2 aliphatic rings. The number of thioether (sulfide) groups is 1. The van der Waals surface area contributed by atoms with Gasteiger partial charge in [0, 0.05) is 18.8 Å². The summed E-state index contributed by atoms with van der Waals surface area (Å²) >= 11 is 3.07. The Kier molecular flexibility index (Phi) is 4.90. The van der Waals surface area contributed by atoms with Crippen molar-refractivity contribution in [1.29, 1.82) is 0 Å². The predicted molar refractivity (Wildman–Crippen MR) is 114 cm³/mol. The molecule has 6 nitrogen and oxygen atoms in total. The summed E-state index contributed by atoms with van der Waals surface area (Å²) in [5.74, 6) is 0.305. The molecule has 5 rings (SSSR count). The molecule has 1 aliphatic heterocycles. The van der Waals surface area contributed by atoms with Crippen LogP contribution in [0.4, 0.5) is 10.8 Å². The number of anilines is 2. The van der Waals surface area contributed by atoms with Crippen molar-refractivity contribution in [2.45, 2.75) is 37.1 Å². The first kappa shape index (κ1) is 17.9. The molecule has 144 valence electrons. The number of nitrogens with one attached hydrogen (secondary N) is 1. The van der Waals surface area contributed by atoms with Gasteiger partial charge in [-0.05, 0) is 55.4 Å². The molecule has 3 aromatic rings. The van der Waals surface area contributed by atoms with E-state index in [0.29, 0.717) is 5.75 Å². The highest BCUT2D eigenvalue weighted by molar-refractivity contribution is 8.00. The van der Waals surface area contributed by atoms with Gasteiger partial charge in [0.15, 0.2) is 10.8 Å². The highest BCUT2D eigenvalue weighted by Gasteiger charge is 2.19. The van der Waals surface area contributed by atoms with Crippen LogP contribution < -0.4 is 10.2 Å². The molecule has 2 aromatic heterocycles. The van der Waals surface area contributed by atoms with Crippen LogP contribution in [0.2, 0.25) is 0 Å². The second-order valence-corrected chi connectivity index (χ2v) is 9.14. The van der Waals surface area contributed by atoms with E-state index < -0.39 is 0 Å². The maximum atomic E-state index is 12.4.